The number of rotatable bonds is 11. The molecule has 2 aromatic heterocycles. The Morgan fingerprint density at radius 2 is 1.68 bits per heavy atom. The molecule has 1 aliphatic rings. The van der Waals surface area contributed by atoms with E-state index in [1.807, 2.05) is 72.7 Å². The van der Waals surface area contributed by atoms with Gasteiger partial charge in [-0.15, -0.1) is 0 Å². The first kappa shape index (κ1) is 34.0. The lowest BCUT2D eigenvalue weighted by Gasteiger charge is -2.37. The third kappa shape index (κ3) is 8.16. The molecule has 0 amide bonds. The number of nitrogens with zero attached hydrogens (tertiary/aromatic N) is 4. The lowest BCUT2D eigenvalue weighted by molar-refractivity contribution is -0.160. The van der Waals surface area contributed by atoms with Crippen LogP contribution in [0.15, 0.2) is 53.1 Å². The lowest BCUT2D eigenvalue weighted by atomic mass is 9.90. The van der Waals surface area contributed by atoms with E-state index in [0.29, 0.717) is 54.8 Å². The standard InChI is InChI=1S/C37H45FN4O5/c1-22(2)34-40-35(47-41-34)27-16-19-42(20-17-27)32-30(23(3)39-24(4)31(32)33(36(43)44)46-37(5,6)7)26-10-14-29(15-11-26)45-21-18-25-8-12-28(38)13-9-25/h8-15,22,27,33H,16-21H2,1-7H3,(H,43,44). The lowest BCUT2D eigenvalue weighted by Crippen LogP contribution is -2.36. The minimum atomic E-state index is -1.21. The van der Waals surface area contributed by atoms with Gasteiger partial charge in [-0.2, -0.15) is 4.98 Å². The molecule has 0 saturated carbocycles. The fraction of sp³-hybridized carbons (Fsp3) is 0.459. The van der Waals surface area contributed by atoms with Crippen LogP contribution < -0.4 is 9.64 Å². The molecule has 1 fully saturated rings. The molecule has 1 N–H and O–H groups in total. The number of carbonyl (C=O) groups is 1. The van der Waals surface area contributed by atoms with Crippen LogP contribution in [0.5, 0.6) is 5.75 Å². The maximum absolute atomic E-state index is 13.3. The number of piperidine rings is 1. The molecule has 4 aromatic rings. The van der Waals surface area contributed by atoms with Crippen molar-refractivity contribution in [3.8, 4) is 16.9 Å². The van der Waals surface area contributed by atoms with Crippen molar-refractivity contribution in [2.75, 3.05) is 24.6 Å². The third-order valence-electron chi connectivity index (χ3n) is 8.39. The zero-order valence-electron chi connectivity index (χ0n) is 28.3. The van der Waals surface area contributed by atoms with Gasteiger partial charge in [-0.25, -0.2) is 9.18 Å². The fourth-order valence-corrected chi connectivity index (χ4v) is 6.07. The summed E-state index contributed by atoms with van der Waals surface area (Å²) >= 11 is 0. The second-order valence-corrected chi connectivity index (χ2v) is 13.5. The van der Waals surface area contributed by atoms with Gasteiger partial charge in [0.25, 0.3) is 0 Å². The SMILES string of the molecule is Cc1nc(C)c(C(OC(C)(C)C)C(=O)O)c(N2CCC(c3nc(C(C)C)no3)CC2)c1-c1ccc(OCCc2ccc(F)cc2)cc1. The molecule has 0 spiro atoms. The molecule has 1 atom stereocenters. The predicted octanol–water partition coefficient (Wildman–Crippen LogP) is 7.96. The van der Waals surface area contributed by atoms with Gasteiger partial charge in [-0.3, -0.25) is 4.98 Å². The van der Waals surface area contributed by atoms with E-state index in [1.165, 1.54) is 12.1 Å². The number of aromatic nitrogens is 3. The minimum Gasteiger partial charge on any atom is -0.493 e. The Bertz CT molecular complexity index is 1670. The summed E-state index contributed by atoms with van der Waals surface area (Å²) in [7, 11) is 0. The van der Waals surface area contributed by atoms with Gasteiger partial charge >= 0.3 is 5.97 Å². The van der Waals surface area contributed by atoms with E-state index in [1.54, 1.807) is 12.1 Å². The Balaban J connectivity index is 1.48. The van der Waals surface area contributed by atoms with Crippen molar-refractivity contribution in [2.45, 2.75) is 91.3 Å². The Kier molecular flexibility index (Phi) is 10.3. The zero-order chi connectivity index (χ0) is 33.9. The van der Waals surface area contributed by atoms with Crippen LogP contribution in [-0.2, 0) is 16.0 Å². The van der Waals surface area contributed by atoms with Gasteiger partial charge in [0.2, 0.25) is 5.89 Å². The molecule has 1 saturated heterocycles. The summed E-state index contributed by atoms with van der Waals surface area (Å²) in [6, 6.07) is 14.2. The van der Waals surface area contributed by atoms with Crippen LogP contribution in [0.25, 0.3) is 11.1 Å². The number of hydrogen-bond acceptors (Lipinski definition) is 8. The summed E-state index contributed by atoms with van der Waals surface area (Å²) < 4.78 is 31.1. The van der Waals surface area contributed by atoms with Gasteiger partial charge in [-0.05, 0) is 82.9 Å². The second-order valence-electron chi connectivity index (χ2n) is 13.5. The number of anilines is 1. The van der Waals surface area contributed by atoms with Crippen molar-refractivity contribution in [3.05, 3.63) is 88.6 Å². The quantitative estimate of drug-likeness (QED) is 0.174. The first-order valence-corrected chi connectivity index (χ1v) is 16.3. The smallest absolute Gasteiger partial charge is 0.337 e. The second kappa shape index (κ2) is 14.2. The van der Waals surface area contributed by atoms with Crippen LogP contribution in [0.4, 0.5) is 10.1 Å². The van der Waals surface area contributed by atoms with E-state index < -0.39 is 17.7 Å². The number of halogens is 1. The van der Waals surface area contributed by atoms with E-state index in [9.17, 15) is 14.3 Å². The summed E-state index contributed by atoms with van der Waals surface area (Å²) in [5.74, 6) is 1.05. The molecule has 1 unspecified atom stereocenters. The Morgan fingerprint density at radius 1 is 1.02 bits per heavy atom. The van der Waals surface area contributed by atoms with Crippen molar-refractivity contribution in [1.29, 1.82) is 0 Å². The van der Waals surface area contributed by atoms with Gasteiger partial charge in [-0.1, -0.05) is 43.3 Å². The molecule has 9 nitrogen and oxygen atoms in total. The van der Waals surface area contributed by atoms with Crippen LogP contribution in [-0.4, -0.2) is 51.5 Å². The molecule has 250 valence electrons. The Morgan fingerprint density at radius 3 is 2.26 bits per heavy atom. The molecule has 2 aromatic carbocycles. The number of carboxylic acid groups (broad SMARTS) is 1. The Labute approximate surface area is 276 Å². The number of aliphatic carboxylic acids is 1. The average Bonchev–Trinajstić information content (AvgIpc) is 3.52. The predicted molar refractivity (Wildman–Crippen MR) is 179 cm³/mol. The number of hydrogen-bond donors (Lipinski definition) is 1. The van der Waals surface area contributed by atoms with Gasteiger partial charge in [0.05, 0.1) is 17.9 Å². The van der Waals surface area contributed by atoms with Crippen LogP contribution in [0.2, 0.25) is 0 Å². The van der Waals surface area contributed by atoms with Crippen molar-refractivity contribution in [1.82, 2.24) is 15.1 Å². The zero-order valence-corrected chi connectivity index (χ0v) is 28.3. The van der Waals surface area contributed by atoms with Crippen LogP contribution in [0, 0.1) is 19.7 Å². The highest BCUT2D eigenvalue weighted by molar-refractivity contribution is 5.88. The van der Waals surface area contributed by atoms with Gasteiger partial charge in [0, 0.05) is 53.9 Å². The summed E-state index contributed by atoms with van der Waals surface area (Å²) in [6.07, 6.45) is 0.988. The van der Waals surface area contributed by atoms with Crippen molar-refractivity contribution in [3.63, 3.8) is 0 Å². The molecule has 47 heavy (non-hydrogen) atoms. The number of benzene rings is 2. The first-order valence-electron chi connectivity index (χ1n) is 16.3. The highest BCUT2D eigenvalue weighted by Gasteiger charge is 2.36. The van der Waals surface area contributed by atoms with Crippen molar-refractivity contribution < 1.29 is 28.3 Å². The molecular weight excluding hydrogens is 599 g/mol. The van der Waals surface area contributed by atoms with Gasteiger partial charge in [0.1, 0.15) is 11.6 Å². The van der Waals surface area contributed by atoms with E-state index >= 15 is 0 Å². The summed E-state index contributed by atoms with van der Waals surface area (Å²) in [5.41, 5.74) is 4.86. The van der Waals surface area contributed by atoms with Crippen LogP contribution >= 0.6 is 0 Å². The van der Waals surface area contributed by atoms with Gasteiger partial charge in [0.15, 0.2) is 11.9 Å². The topological polar surface area (TPSA) is 111 Å². The van der Waals surface area contributed by atoms with E-state index in [2.05, 4.69) is 15.0 Å². The molecule has 5 rings (SSSR count). The number of ether oxygens (including phenoxy) is 2. The Hall–Kier alpha value is -4.31. The van der Waals surface area contributed by atoms with Crippen LogP contribution in [0.3, 0.4) is 0 Å². The molecule has 1 aliphatic heterocycles. The van der Waals surface area contributed by atoms with Crippen molar-refractivity contribution in [2.24, 2.45) is 0 Å². The van der Waals surface area contributed by atoms with Gasteiger partial charge < -0.3 is 24.0 Å². The number of carboxylic acids is 1. The molecule has 3 heterocycles. The average molecular weight is 645 g/mol. The fourth-order valence-electron chi connectivity index (χ4n) is 6.07. The summed E-state index contributed by atoms with van der Waals surface area (Å²) in [5, 5.41) is 14.7. The molecule has 0 aliphatic carbocycles. The largest absolute Gasteiger partial charge is 0.493 e. The first-order chi connectivity index (χ1) is 22.3. The minimum absolute atomic E-state index is 0.120. The summed E-state index contributed by atoms with van der Waals surface area (Å²) in [4.78, 5) is 24.6. The van der Waals surface area contributed by atoms with E-state index in [-0.39, 0.29) is 17.7 Å². The number of pyridine rings is 1. The molecule has 0 bridgehead atoms. The van der Waals surface area contributed by atoms with Crippen LogP contribution in [0.1, 0.15) is 99.6 Å². The normalized spacial score (nSPS) is 14.9. The van der Waals surface area contributed by atoms with Crippen molar-refractivity contribution >= 4 is 11.7 Å². The number of aryl methyl sites for hydroxylation is 2. The molecule has 10 heteroatoms. The monoisotopic (exact) mass is 644 g/mol. The highest BCUT2D eigenvalue weighted by Crippen LogP contribution is 2.44. The third-order valence-corrected chi connectivity index (χ3v) is 8.39. The maximum Gasteiger partial charge on any atom is 0.337 e. The highest BCUT2D eigenvalue weighted by atomic mass is 19.1. The molecule has 0 radical (unpaired) electrons. The molecular formula is C37H45FN4O5. The summed E-state index contributed by atoms with van der Waals surface area (Å²) in [6.45, 7) is 15.3. The van der Waals surface area contributed by atoms with E-state index in [0.717, 1.165) is 40.9 Å². The maximum atomic E-state index is 13.3. The van der Waals surface area contributed by atoms with E-state index in [4.69, 9.17) is 19.0 Å².